The van der Waals surface area contributed by atoms with Crippen molar-refractivity contribution in [2.45, 2.75) is 24.4 Å². The van der Waals surface area contributed by atoms with E-state index in [1.807, 2.05) is 61.5 Å². The molecule has 1 atom stereocenters. The van der Waals surface area contributed by atoms with Gasteiger partial charge >= 0.3 is 0 Å². The van der Waals surface area contributed by atoms with Gasteiger partial charge in [0.15, 0.2) is 6.61 Å². The van der Waals surface area contributed by atoms with E-state index in [-0.39, 0.29) is 30.0 Å². The Kier molecular flexibility index (Phi) is 7.86. The Bertz CT molecular complexity index is 1130. The second-order valence-corrected chi connectivity index (χ2v) is 8.87. The van der Waals surface area contributed by atoms with Gasteiger partial charge in [0.2, 0.25) is 10.0 Å². The average Bonchev–Trinajstić information content (AvgIpc) is 2.82. The van der Waals surface area contributed by atoms with Crippen molar-refractivity contribution in [3.05, 3.63) is 90.0 Å². The zero-order valence-corrected chi connectivity index (χ0v) is 18.8. The van der Waals surface area contributed by atoms with Crippen LogP contribution in [0.3, 0.4) is 0 Å². The number of hydrogen-bond donors (Lipinski definition) is 2. The minimum Gasteiger partial charge on any atom is -0.496 e. The molecule has 0 aromatic heterocycles. The van der Waals surface area contributed by atoms with Crippen LogP contribution in [-0.2, 0) is 21.4 Å². The molecule has 1 amide bonds. The molecule has 0 saturated heterocycles. The van der Waals surface area contributed by atoms with Gasteiger partial charge in [-0.15, -0.1) is 0 Å². The third kappa shape index (κ3) is 6.32. The molecule has 0 aliphatic carbocycles. The van der Waals surface area contributed by atoms with Crippen molar-refractivity contribution in [1.29, 1.82) is 0 Å². The number of benzene rings is 3. The highest BCUT2D eigenvalue weighted by Crippen LogP contribution is 2.24. The number of hydrogen-bond acceptors (Lipinski definition) is 5. The Morgan fingerprint density at radius 3 is 2.28 bits per heavy atom. The first-order chi connectivity index (χ1) is 15.4. The van der Waals surface area contributed by atoms with Gasteiger partial charge in [-0.1, -0.05) is 48.5 Å². The molecule has 0 saturated carbocycles. The normalized spacial score (nSPS) is 12.1. The second kappa shape index (κ2) is 10.8. The van der Waals surface area contributed by atoms with Crippen LogP contribution in [0, 0.1) is 0 Å². The van der Waals surface area contributed by atoms with Gasteiger partial charge in [-0.05, 0) is 42.8 Å². The molecule has 0 aliphatic rings. The van der Waals surface area contributed by atoms with Crippen LogP contribution in [-0.4, -0.2) is 28.0 Å². The van der Waals surface area contributed by atoms with Crippen molar-refractivity contribution >= 4 is 15.9 Å². The molecular formula is C24H26N2O5S. The maximum Gasteiger partial charge on any atom is 0.258 e. The quantitative estimate of drug-likeness (QED) is 0.490. The molecule has 7 nitrogen and oxygen atoms in total. The average molecular weight is 455 g/mol. The lowest BCUT2D eigenvalue weighted by Crippen LogP contribution is -2.31. The highest BCUT2D eigenvalue weighted by molar-refractivity contribution is 7.89. The molecule has 0 heterocycles. The van der Waals surface area contributed by atoms with E-state index < -0.39 is 10.0 Å². The summed E-state index contributed by atoms with van der Waals surface area (Å²) in [6.45, 7) is 1.86. The van der Waals surface area contributed by atoms with Crippen molar-refractivity contribution in [2.75, 3.05) is 13.7 Å². The summed E-state index contributed by atoms with van der Waals surface area (Å²) in [4.78, 5) is 12.4. The van der Waals surface area contributed by atoms with Crippen molar-refractivity contribution < 1.29 is 22.7 Å². The summed E-state index contributed by atoms with van der Waals surface area (Å²) in [6, 6.07) is 22.4. The smallest absolute Gasteiger partial charge is 0.258 e. The van der Waals surface area contributed by atoms with E-state index in [2.05, 4.69) is 10.0 Å². The monoisotopic (exact) mass is 454 g/mol. The predicted molar refractivity (Wildman–Crippen MR) is 122 cm³/mol. The number of para-hydroxylation sites is 1. The lowest BCUT2D eigenvalue weighted by Gasteiger charge is -2.17. The van der Waals surface area contributed by atoms with E-state index >= 15 is 0 Å². The fraction of sp³-hybridized carbons (Fsp3) is 0.208. The molecule has 1 unspecified atom stereocenters. The van der Waals surface area contributed by atoms with Gasteiger partial charge in [-0.2, -0.15) is 0 Å². The summed E-state index contributed by atoms with van der Waals surface area (Å²) in [5.74, 6) is 0.788. The fourth-order valence-corrected chi connectivity index (χ4v) is 4.12. The third-order valence-corrected chi connectivity index (χ3v) is 6.21. The minimum absolute atomic E-state index is 0.120. The number of rotatable bonds is 10. The van der Waals surface area contributed by atoms with Crippen molar-refractivity contribution in [3.8, 4) is 11.5 Å². The summed E-state index contributed by atoms with van der Waals surface area (Å²) >= 11 is 0. The molecule has 3 aromatic carbocycles. The van der Waals surface area contributed by atoms with Gasteiger partial charge in [0, 0.05) is 12.1 Å². The number of ether oxygens (including phenoxy) is 2. The van der Waals surface area contributed by atoms with Crippen molar-refractivity contribution in [2.24, 2.45) is 0 Å². The third-order valence-electron chi connectivity index (χ3n) is 4.80. The van der Waals surface area contributed by atoms with Crippen LogP contribution in [0.1, 0.15) is 24.1 Å². The summed E-state index contributed by atoms with van der Waals surface area (Å²) in [5, 5.41) is 2.86. The molecule has 0 fully saturated rings. The van der Waals surface area contributed by atoms with Crippen LogP contribution in [0.5, 0.6) is 11.5 Å². The topological polar surface area (TPSA) is 93.7 Å². The molecule has 168 valence electrons. The Hall–Kier alpha value is -3.36. The number of sulfonamides is 1. The Morgan fingerprint density at radius 1 is 0.938 bits per heavy atom. The molecule has 2 N–H and O–H groups in total. The maximum absolute atomic E-state index is 12.5. The Labute approximate surface area is 188 Å². The minimum atomic E-state index is -3.66. The van der Waals surface area contributed by atoms with Crippen LogP contribution in [0.4, 0.5) is 0 Å². The lowest BCUT2D eigenvalue weighted by atomic mass is 10.1. The van der Waals surface area contributed by atoms with Gasteiger partial charge in [0.1, 0.15) is 11.5 Å². The summed E-state index contributed by atoms with van der Waals surface area (Å²) in [5.41, 5.74) is 1.73. The first kappa shape index (κ1) is 23.3. The van der Waals surface area contributed by atoms with Gasteiger partial charge in [-0.3, -0.25) is 4.79 Å². The van der Waals surface area contributed by atoms with Crippen LogP contribution < -0.4 is 19.5 Å². The lowest BCUT2D eigenvalue weighted by molar-refractivity contribution is -0.123. The molecule has 0 radical (unpaired) electrons. The number of nitrogens with one attached hydrogen (secondary N) is 2. The van der Waals surface area contributed by atoms with Crippen molar-refractivity contribution in [1.82, 2.24) is 10.0 Å². The maximum atomic E-state index is 12.5. The van der Waals surface area contributed by atoms with E-state index in [1.165, 1.54) is 24.3 Å². The summed E-state index contributed by atoms with van der Waals surface area (Å²) < 4.78 is 38.3. The van der Waals surface area contributed by atoms with Crippen LogP contribution >= 0.6 is 0 Å². The predicted octanol–water partition coefficient (Wildman–Crippen LogP) is 3.43. The molecule has 3 rings (SSSR count). The van der Waals surface area contributed by atoms with Gasteiger partial charge < -0.3 is 14.8 Å². The molecular weight excluding hydrogens is 428 g/mol. The number of methoxy groups -OCH3 is 1. The highest BCUT2D eigenvalue weighted by atomic mass is 32.2. The van der Waals surface area contributed by atoms with Gasteiger partial charge in [-0.25, -0.2) is 13.1 Å². The highest BCUT2D eigenvalue weighted by Gasteiger charge is 2.15. The van der Waals surface area contributed by atoms with Crippen LogP contribution in [0.25, 0.3) is 0 Å². The van der Waals surface area contributed by atoms with E-state index in [9.17, 15) is 13.2 Å². The molecule has 0 bridgehead atoms. The van der Waals surface area contributed by atoms with Gasteiger partial charge in [0.25, 0.3) is 5.91 Å². The molecule has 8 heteroatoms. The van der Waals surface area contributed by atoms with Gasteiger partial charge in [0.05, 0.1) is 18.0 Å². The largest absolute Gasteiger partial charge is 0.496 e. The number of carbonyl (C=O) groups excluding carboxylic acids is 1. The standard InChI is InChI=1S/C24H26N2O5S/c1-18(22-10-6-7-11-23(22)30-2)26-24(27)17-31-20-12-14-21(15-13-20)32(28,29)25-16-19-8-4-3-5-9-19/h3-15,18,25H,16-17H2,1-2H3,(H,26,27). The Balaban J connectivity index is 1.52. The first-order valence-electron chi connectivity index (χ1n) is 10.1. The first-order valence-corrected chi connectivity index (χ1v) is 11.6. The molecule has 32 heavy (non-hydrogen) atoms. The summed E-state index contributed by atoms with van der Waals surface area (Å²) in [7, 11) is -2.08. The fourth-order valence-electron chi connectivity index (χ4n) is 3.11. The number of amides is 1. The van der Waals surface area contributed by atoms with E-state index in [0.29, 0.717) is 11.5 Å². The molecule has 0 aliphatic heterocycles. The van der Waals surface area contributed by atoms with Crippen LogP contribution in [0.2, 0.25) is 0 Å². The van der Waals surface area contributed by atoms with E-state index in [1.54, 1.807) is 7.11 Å². The van der Waals surface area contributed by atoms with E-state index in [0.717, 1.165) is 11.1 Å². The second-order valence-electron chi connectivity index (χ2n) is 7.10. The van der Waals surface area contributed by atoms with Crippen molar-refractivity contribution in [3.63, 3.8) is 0 Å². The molecule has 3 aromatic rings. The zero-order valence-electron chi connectivity index (χ0n) is 17.9. The number of carbonyl (C=O) groups is 1. The zero-order chi connectivity index (χ0) is 23.0. The Morgan fingerprint density at radius 2 is 1.59 bits per heavy atom. The molecule has 0 spiro atoms. The van der Waals surface area contributed by atoms with Crippen LogP contribution in [0.15, 0.2) is 83.8 Å². The summed E-state index contributed by atoms with van der Waals surface area (Å²) in [6.07, 6.45) is 0. The SMILES string of the molecule is COc1ccccc1C(C)NC(=O)COc1ccc(S(=O)(=O)NCc2ccccc2)cc1. The van der Waals surface area contributed by atoms with E-state index in [4.69, 9.17) is 9.47 Å².